The normalized spacial score (nSPS) is 2.06. The van der Waals surface area contributed by atoms with E-state index in [-0.39, 0.29) is 34.4 Å². The molecule has 1 radical (unpaired) electrons. The Morgan fingerprint density at radius 2 is 0.471 bits per heavy atom. The summed E-state index contributed by atoms with van der Waals surface area (Å²) in [6, 6.07) is 0. The van der Waals surface area contributed by atoms with E-state index in [1.807, 2.05) is 0 Å². The molecule has 0 amide bonds. The molecule has 0 saturated heterocycles. The SMILES string of the molecule is N#C[O-].N#C[O-].N#C[O-].N#C[O-].N#C[O-].[Cr+3].[Fe+2]. The maximum Gasteiger partial charge on any atom is 3.00 e. The molecule has 0 bridgehead atoms. The summed E-state index contributed by atoms with van der Waals surface area (Å²) in [7, 11) is 0. The van der Waals surface area contributed by atoms with Crippen molar-refractivity contribution in [2.75, 3.05) is 0 Å². The summed E-state index contributed by atoms with van der Waals surface area (Å²) < 4.78 is 0. The Hall–Kier alpha value is -2.50. The molecule has 0 heterocycles. The van der Waals surface area contributed by atoms with Crippen LogP contribution in [0, 0.1) is 57.6 Å². The minimum Gasteiger partial charge on any atom is -0.812 e. The van der Waals surface area contributed by atoms with Crippen LogP contribution in [0.25, 0.3) is 0 Å². The van der Waals surface area contributed by atoms with Crippen LogP contribution in [0.4, 0.5) is 0 Å². The Bertz CT molecular complexity index is 212. The molecule has 0 aliphatic carbocycles. The molecule has 0 fully saturated rings. The maximum atomic E-state index is 8.24. The molecule has 0 aromatic carbocycles. The van der Waals surface area contributed by atoms with Gasteiger partial charge in [-0.3, -0.25) is 0 Å². The summed E-state index contributed by atoms with van der Waals surface area (Å²) >= 11 is 0. The smallest absolute Gasteiger partial charge is 0.812 e. The monoisotopic (exact) mass is 318 g/mol. The first-order valence-electron chi connectivity index (χ1n) is 2.14. The van der Waals surface area contributed by atoms with E-state index in [9.17, 15) is 0 Å². The number of nitrogens with zero attached hydrogens (tertiary/aromatic N) is 5. The number of nitriles is 5. The second-order valence-electron chi connectivity index (χ2n) is 0.456. The molecule has 0 aromatic rings. The average Bonchev–Trinajstić information content (AvgIpc) is 2.09. The zero-order chi connectivity index (χ0) is 13.5. The van der Waals surface area contributed by atoms with Crippen molar-refractivity contribution in [3.05, 3.63) is 0 Å². The standard InChI is InChI=1S/5CHNO.Cr.Fe/c5*2-1-3;;/h5*3H;;/q;;;;;+3;+2/p-5. The van der Waals surface area contributed by atoms with Gasteiger partial charge in [0.25, 0.3) is 0 Å². The predicted molar refractivity (Wildman–Crippen MR) is 28.1 cm³/mol. The molecule has 12 heteroatoms. The molecule has 17 heavy (non-hydrogen) atoms. The molecule has 0 aromatic heterocycles. The van der Waals surface area contributed by atoms with Crippen molar-refractivity contribution in [1.29, 1.82) is 26.3 Å². The van der Waals surface area contributed by atoms with Crippen LogP contribution in [0.3, 0.4) is 0 Å². The third-order valence-corrected chi connectivity index (χ3v) is 0. The predicted octanol–water partition coefficient (Wildman–Crippen LogP) is -5.87. The minimum atomic E-state index is 0. The Morgan fingerprint density at radius 3 is 0.471 bits per heavy atom. The molecule has 89 valence electrons. The van der Waals surface area contributed by atoms with E-state index in [0.717, 1.165) is 0 Å². The summed E-state index contributed by atoms with van der Waals surface area (Å²) in [5.41, 5.74) is 0. The van der Waals surface area contributed by atoms with Gasteiger partial charge in [0, 0.05) is 31.3 Å². The molecule has 0 saturated carbocycles. The molecule has 0 aliphatic rings. The van der Waals surface area contributed by atoms with Crippen LogP contribution < -0.4 is 25.5 Å². The molecule has 0 unspecified atom stereocenters. The van der Waals surface area contributed by atoms with E-state index in [1.165, 1.54) is 0 Å². The quantitative estimate of drug-likeness (QED) is 0.302. The topological polar surface area (TPSA) is 234 Å². The number of hydrogen-bond donors (Lipinski definition) is 0. The van der Waals surface area contributed by atoms with Crippen LogP contribution in [0.15, 0.2) is 0 Å². The van der Waals surface area contributed by atoms with Crippen molar-refractivity contribution >= 4 is 0 Å². The van der Waals surface area contributed by atoms with Gasteiger partial charge in [0.15, 0.2) is 0 Å². The van der Waals surface area contributed by atoms with Crippen LogP contribution >= 0.6 is 0 Å². The maximum absolute atomic E-state index is 8.24. The molecular formula is C5CrFeN5O5. The van der Waals surface area contributed by atoms with Gasteiger partial charge in [0.2, 0.25) is 0 Å². The first-order chi connectivity index (χ1) is 7.07. The van der Waals surface area contributed by atoms with Crippen LogP contribution in [0.1, 0.15) is 0 Å². The van der Waals surface area contributed by atoms with Gasteiger partial charge in [-0.15, -0.1) is 0 Å². The summed E-state index contributed by atoms with van der Waals surface area (Å²) in [6.45, 7) is 0. The summed E-state index contributed by atoms with van der Waals surface area (Å²) in [4.78, 5) is 0. The van der Waals surface area contributed by atoms with E-state index in [0.29, 0.717) is 31.3 Å². The van der Waals surface area contributed by atoms with Crippen molar-refractivity contribution in [1.82, 2.24) is 0 Å². The Balaban J connectivity index is -0.0000000143. The first-order valence-corrected chi connectivity index (χ1v) is 2.14. The largest absolute Gasteiger partial charge is 3.00 e. The van der Waals surface area contributed by atoms with Crippen molar-refractivity contribution in [3.63, 3.8) is 0 Å². The van der Waals surface area contributed by atoms with Crippen molar-refractivity contribution in [3.8, 4) is 31.3 Å². The van der Waals surface area contributed by atoms with Crippen molar-refractivity contribution < 1.29 is 60.0 Å². The van der Waals surface area contributed by atoms with Gasteiger partial charge in [-0.1, -0.05) is 0 Å². The van der Waals surface area contributed by atoms with E-state index in [4.69, 9.17) is 51.8 Å². The fourth-order valence-corrected chi connectivity index (χ4v) is 0. The third-order valence-electron chi connectivity index (χ3n) is 0. The van der Waals surface area contributed by atoms with E-state index in [1.54, 1.807) is 0 Å². The van der Waals surface area contributed by atoms with Crippen molar-refractivity contribution in [2.24, 2.45) is 0 Å². The zero-order valence-electron chi connectivity index (χ0n) is 7.54. The molecule has 0 N–H and O–H groups in total. The fourth-order valence-electron chi connectivity index (χ4n) is 0. The van der Waals surface area contributed by atoms with Crippen molar-refractivity contribution in [2.45, 2.75) is 0 Å². The van der Waals surface area contributed by atoms with Gasteiger partial charge >= 0.3 is 34.4 Å². The second-order valence-corrected chi connectivity index (χ2v) is 0.456. The molecule has 0 rings (SSSR count). The summed E-state index contributed by atoms with van der Waals surface area (Å²) in [6.07, 6.45) is 2.50. The molecule has 0 spiro atoms. The van der Waals surface area contributed by atoms with E-state index in [2.05, 4.69) is 0 Å². The fraction of sp³-hybridized carbons (Fsp3) is 0. The van der Waals surface area contributed by atoms with Gasteiger partial charge in [0.1, 0.15) is 0 Å². The van der Waals surface area contributed by atoms with Crippen LogP contribution in [-0.4, -0.2) is 0 Å². The number of hydrogen-bond acceptors (Lipinski definition) is 10. The van der Waals surface area contributed by atoms with Gasteiger partial charge in [-0.2, -0.15) is 0 Å². The molecule has 0 atom stereocenters. The third kappa shape index (κ3) is 286. The first kappa shape index (κ1) is 47.0. The minimum absolute atomic E-state index is 0. The van der Waals surface area contributed by atoms with Crippen LogP contribution in [0.5, 0.6) is 0 Å². The molecular weight excluding hydrogens is 318 g/mol. The average molecular weight is 318 g/mol. The van der Waals surface area contributed by atoms with Gasteiger partial charge < -0.3 is 25.5 Å². The summed E-state index contributed by atoms with van der Waals surface area (Å²) in [5, 5.41) is 75.0. The Kier molecular flexibility index (Phi) is 932. The van der Waals surface area contributed by atoms with Gasteiger partial charge in [-0.25, -0.2) is 26.3 Å². The molecule has 10 nitrogen and oxygen atoms in total. The Labute approximate surface area is 118 Å². The molecule has 0 aliphatic heterocycles. The van der Waals surface area contributed by atoms with Crippen LogP contribution in [0.2, 0.25) is 0 Å². The second kappa shape index (κ2) is 337. The van der Waals surface area contributed by atoms with Gasteiger partial charge in [-0.05, 0) is 0 Å². The zero-order valence-corrected chi connectivity index (χ0v) is 9.92. The Morgan fingerprint density at radius 1 is 0.471 bits per heavy atom. The van der Waals surface area contributed by atoms with E-state index >= 15 is 0 Å². The van der Waals surface area contributed by atoms with E-state index < -0.39 is 0 Å². The number of rotatable bonds is 0. The van der Waals surface area contributed by atoms with Crippen LogP contribution in [-0.2, 0) is 34.4 Å². The van der Waals surface area contributed by atoms with Gasteiger partial charge in [0.05, 0.1) is 0 Å². The summed E-state index contributed by atoms with van der Waals surface area (Å²) in [5.74, 6) is 0.